The van der Waals surface area contributed by atoms with E-state index in [-0.39, 0.29) is 11.8 Å². The maximum atomic E-state index is 11.9. The van der Waals surface area contributed by atoms with Crippen molar-refractivity contribution in [2.45, 2.75) is 26.8 Å². The molecule has 0 fully saturated rings. The number of hydrogen-bond donors (Lipinski definition) is 2. The SMILES string of the molecule is CCC(CNC)C(=O)NCc1cccc(C)c1. The van der Waals surface area contributed by atoms with Crippen LogP contribution in [-0.2, 0) is 11.3 Å². The smallest absolute Gasteiger partial charge is 0.224 e. The summed E-state index contributed by atoms with van der Waals surface area (Å²) in [5.41, 5.74) is 2.37. The first-order valence-corrected chi connectivity index (χ1v) is 6.15. The molecule has 0 bridgehead atoms. The number of nitrogens with one attached hydrogen (secondary N) is 2. The number of rotatable bonds is 6. The van der Waals surface area contributed by atoms with Crippen molar-refractivity contribution in [3.63, 3.8) is 0 Å². The highest BCUT2D eigenvalue weighted by atomic mass is 16.1. The highest BCUT2D eigenvalue weighted by molar-refractivity contribution is 5.78. The molecule has 1 atom stereocenters. The largest absolute Gasteiger partial charge is 0.352 e. The van der Waals surface area contributed by atoms with E-state index in [4.69, 9.17) is 0 Å². The number of amides is 1. The predicted octanol–water partition coefficient (Wildman–Crippen LogP) is 1.86. The van der Waals surface area contributed by atoms with Crippen molar-refractivity contribution in [1.29, 1.82) is 0 Å². The third kappa shape index (κ3) is 4.57. The van der Waals surface area contributed by atoms with E-state index in [2.05, 4.69) is 29.7 Å². The molecule has 94 valence electrons. The number of carbonyl (C=O) groups is 1. The van der Waals surface area contributed by atoms with Gasteiger partial charge in [0.2, 0.25) is 5.91 Å². The molecule has 3 nitrogen and oxygen atoms in total. The number of aryl methyl sites for hydroxylation is 1. The van der Waals surface area contributed by atoms with Crippen LogP contribution in [0, 0.1) is 12.8 Å². The van der Waals surface area contributed by atoms with Crippen molar-refractivity contribution in [3.8, 4) is 0 Å². The highest BCUT2D eigenvalue weighted by Crippen LogP contribution is 2.05. The summed E-state index contributed by atoms with van der Waals surface area (Å²) < 4.78 is 0. The van der Waals surface area contributed by atoms with Crippen LogP contribution in [-0.4, -0.2) is 19.5 Å². The lowest BCUT2D eigenvalue weighted by atomic mass is 10.1. The molecule has 0 saturated carbocycles. The summed E-state index contributed by atoms with van der Waals surface area (Å²) in [4.78, 5) is 11.9. The van der Waals surface area contributed by atoms with Crippen LogP contribution in [0.1, 0.15) is 24.5 Å². The second-order valence-corrected chi connectivity index (χ2v) is 4.37. The van der Waals surface area contributed by atoms with Crippen LogP contribution in [0.4, 0.5) is 0 Å². The van der Waals surface area contributed by atoms with Crippen LogP contribution in [0.5, 0.6) is 0 Å². The fourth-order valence-corrected chi connectivity index (χ4v) is 1.82. The van der Waals surface area contributed by atoms with Gasteiger partial charge in [-0.25, -0.2) is 0 Å². The Morgan fingerprint density at radius 2 is 2.18 bits per heavy atom. The molecule has 0 saturated heterocycles. The Kier molecular flexibility index (Phi) is 5.70. The fourth-order valence-electron chi connectivity index (χ4n) is 1.82. The maximum absolute atomic E-state index is 11.9. The first-order valence-electron chi connectivity index (χ1n) is 6.15. The van der Waals surface area contributed by atoms with Crippen molar-refractivity contribution in [2.24, 2.45) is 5.92 Å². The van der Waals surface area contributed by atoms with Gasteiger partial charge in [0.25, 0.3) is 0 Å². The Morgan fingerprint density at radius 3 is 2.76 bits per heavy atom. The number of benzene rings is 1. The fraction of sp³-hybridized carbons (Fsp3) is 0.500. The minimum atomic E-state index is 0.0600. The Balaban J connectivity index is 2.47. The van der Waals surface area contributed by atoms with Crippen LogP contribution < -0.4 is 10.6 Å². The molecule has 1 rings (SSSR count). The maximum Gasteiger partial charge on any atom is 0.224 e. The zero-order chi connectivity index (χ0) is 12.7. The molecule has 0 radical (unpaired) electrons. The molecule has 2 N–H and O–H groups in total. The molecule has 0 aliphatic heterocycles. The second-order valence-electron chi connectivity index (χ2n) is 4.37. The first kappa shape index (κ1) is 13.7. The van der Waals surface area contributed by atoms with Gasteiger partial charge in [-0.2, -0.15) is 0 Å². The van der Waals surface area contributed by atoms with Gasteiger partial charge in [0.1, 0.15) is 0 Å². The average molecular weight is 234 g/mol. The molecule has 17 heavy (non-hydrogen) atoms. The minimum absolute atomic E-state index is 0.0600. The van der Waals surface area contributed by atoms with Gasteiger partial charge < -0.3 is 10.6 Å². The van der Waals surface area contributed by atoms with Crippen LogP contribution in [0.15, 0.2) is 24.3 Å². The van der Waals surface area contributed by atoms with Crippen LogP contribution in [0.25, 0.3) is 0 Å². The van der Waals surface area contributed by atoms with E-state index in [0.29, 0.717) is 6.54 Å². The topological polar surface area (TPSA) is 41.1 Å². The van der Waals surface area contributed by atoms with E-state index >= 15 is 0 Å². The standard InChI is InChI=1S/C14H22N2O/c1-4-13(10-15-3)14(17)16-9-12-7-5-6-11(2)8-12/h5-8,13,15H,4,9-10H2,1-3H3,(H,16,17). The Hall–Kier alpha value is -1.35. The first-order chi connectivity index (χ1) is 8.17. The minimum Gasteiger partial charge on any atom is -0.352 e. The van der Waals surface area contributed by atoms with Gasteiger partial charge in [0.15, 0.2) is 0 Å². The summed E-state index contributed by atoms with van der Waals surface area (Å²) in [6.45, 7) is 5.44. The normalized spacial score (nSPS) is 12.2. The quantitative estimate of drug-likeness (QED) is 0.789. The van der Waals surface area contributed by atoms with E-state index in [0.717, 1.165) is 18.5 Å². The van der Waals surface area contributed by atoms with Gasteiger partial charge in [0.05, 0.1) is 5.92 Å². The van der Waals surface area contributed by atoms with Crippen LogP contribution >= 0.6 is 0 Å². The number of hydrogen-bond acceptors (Lipinski definition) is 2. The Morgan fingerprint density at radius 1 is 1.41 bits per heavy atom. The van der Waals surface area contributed by atoms with Crippen molar-refractivity contribution in [2.75, 3.05) is 13.6 Å². The third-order valence-electron chi connectivity index (χ3n) is 2.86. The summed E-state index contributed by atoms with van der Waals surface area (Å²) in [7, 11) is 1.87. The molecule has 0 spiro atoms. The lowest BCUT2D eigenvalue weighted by molar-refractivity contribution is -0.125. The lowest BCUT2D eigenvalue weighted by Crippen LogP contribution is -2.35. The third-order valence-corrected chi connectivity index (χ3v) is 2.86. The summed E-state index contributed by atoms with van der Waals surface area (Å²) in [6, 6.07) is 8.20. The average Bonchev–Trinajstić information content (AvgIpc) is 2.33. The Bertz CT molecular complexity index is 363. The van der Waals surface area contributed by atoms with Gasteiger partial charge in [0, 0.05) is 13.1 Å². The van der Waals surface area contributed by atoms with Crippen molar-refractivity contribution in [3.05, 3.63) is 35.4 Å². The van der Waals surface area contributed by atoms with E-state index in [1.807, 2.05) is 26.1 Å². The molecule has 1 amide bonds. The summed E-state index contributed by atoms with van der Waals surface area (Å²) >= 11 is 0. The molecule has 1 aromatic rings. The van der Waals surface area contributed by atoms with Crippen molar-refractivity contribution >= 4 is 5.91 Å². The molecule has 1 unspecified atom stereocenters. The van der Waals surface area contributed by atoms with Crippen LogP contribution in [0.3, 0.4) is 0 Å². The van der Waals surface area contributed by atoms with Gasteiger partial charge >= 0.3 is 0 Å². The van der Waals surface area contributed by atoms with E-state index < -0.39 is 0 Å². The molecule has 3 heteroatoms. The Labute approximate surface area is 104 Å². The van der Waals surface area contributed by atoms with Gasteiger partial charge in [-0.3, -0.25) is 4.79 Å². The number of carbonyl (C=O) groups excluding carboxylic acids is 1. The van der Waals surface area contributed by atoms with Gasteiger partial charge in [-0.05, 0) is 26.0 Å². The van der Waals surface area contributed by atoms with Gasteiger partial charge in [-0.15, -0.1) is 0 Å². The molecular formula is C14H22N2O. The molecule has 0 aliphatic rings. The van der Waals surface area contributed by atoms with E-state index in [9.17, 15) is 4.79 Å². The second kappa shape index (κ2) is 7.07. The predicted molar refractivity (Wildman–Crippen MR) is 70.7 cm³/mol. The molecule has 0 heterocycles. The summed E-state index contributed by atoms with van der Waals surface area (Å²) in [5.74, 6) is 0.188. The van der Waals surface area contributed by atoms with E-state index in [1.54, 1.807) is 0 Å². The summed E-state index contributed by atoms with van der Waals surface area (Å²) in [5, 5.41) is 6.03. The summed E-state index contributed by atoms with van der Waals surface area (Å²) in [6.07, 6.45) is 0.862. The molecular weight excluding hydrogens is 212 g/mol. The molecule has 0 aromatic heterocycles. The van der Waals surface area contributed by atoms with E-state index in [1.165, 1.54) is 5.56 Å². The van der Waals surface area contributed by atoms with Gasteiger partial charge in [-0.1, -0.05) is 36.8 Å². The van der Waals surface area contributed by atoms with Crippen molar-refractivity contribution < 1.29 is 4.79 Å². The molecule has 0 aliphatic carbocycles. The monoisotopic (exact) mass is 234 g/mol. The molecule has 1 aromatic carbocycles. The van der Waals surface area contributed by atoms with Crippen LogP contribution in [0.2, 0.25) is 0 Å². The zero-order valence-electron chi connectivity index (χ0n) is 10.9. The lowest BCUT2D eigenvalue weighted by Gasteiger charge is -2.14. The zero-order valence-corrected chi connectivity index (χ0v) is 10.9. The highest BCUT2D eigenvalue weighted by Gasteiger charge is 2.14. The van der Waals surface area contributed by atoms with Crippen molar-refractivity contribution in [1.82, 2.24) is 10.6 Å².